The maximum absolute atomic E-state index is 8.56. The smallest absolute Gasteiger partial charge is 0.439 e. The zero-order valence-corrected chi connectivity index (χ0v) is 6.66. The molecule has 0 rings (SSSR count). The molecule has 0 aliphatic carbocycles. The van der Waals surface area contributed by atoms with Crippen molar-refractivity contribution in [3.8, 4) is 0 Å². The van der Waals surface area contributed by atoms with Crippen molar-refractivity contribution in [1.82, 2.24) is 0 Å². The van der Waals surface area contributed by atoms with Crippen molar-refractivity contribution in [2.24, 2.45) is 0 Å². The summed E-state index contributed by atoms with van der Waals surface area (Å²) in [5.41, 5.74) is 0. The maximum Gasteiger partial charge on any atom is 2.00 e. The van der Waals surface area contributed by atoms with Crippen molar-refractivity contribution < 1.29 is 30.0 Å². The third-order valence-electron chi connectivity index (χ3n) is 0. The maximum atomic E-state index is 8.56. The molecule has 8 heavy (non-hydrogen) atoms. The first kappa shape index (κ1) is 15.9. The number of hydrogen-bond donors (Lipinski definition) is 1. The molecule has 0 heterocycles. The molecule has 52 valence electrons. The van der Waals surface area contributed by atoms with Crippen LogP contribution in [0.2, 0.25) is 0 Å². The standard InChI is InChI=1S/C2H4Cl.Fe.HO3S/c1-2-3;;1-4(2)3/h2H,1H3;;(H,1,2,3)/q-1;+2;-1. The summed E-state index contributed by atoms with van der Waals surface area (Å²) in [6.45, 7) is 1.77. The Labute approximate surface area is 65.7 Å². The van der Waals surface area contributed by atoms with Crippen LogP contribution in [0.5, 0.6) is 0 Å². The topological polar surface area (TPSA) is 54.4 Å². The minimum absolute atomic E-state index is 0. The van der Waals surface area contributed by atoms with E-state index in [1.165, 1.54) is 5.88 Å². The minimum Gasteiger partial charge on any atom is -0.439 e. The van der Waals surface area contributed by atoms with Gasteiger partial charge in [0.15, 0.2) is 0 Å². The summed E-state index contributed by atoms with van der Waals surface area (Å²) in [5.74, 6) is 1.47. The van der Waals surface area contributed by atoms with Crippen molar-refractivity contribution in [2.45, 2.75) is 6.92 Å². The van der Waals surface area contributed by atoms with Crippen LogP contribution >= 0.6 is 11.6 Å². The summed E-state index contributed by atoms with van der Waals surface area (Å²) in [4.78, 5) is 0. The molecule has 1 N–H and O–H groups in total. The first-order valence-corrected chi connectivity index (χ1v) is 2.78. The quantitative estimate of drug-likeness (QED) is 0.210. The first-order valence-electron chi connectivity index (χ1n) is 1.31. The van der Waals surface area contributed by atoms with Crippen molar-refractivity contribution >= 4 is 22.6 Å². The number of rotatable bonds is 0. The second-order valence-electron chi connectivity index (χ2n) is 0.435. The fraction of sp³-hybridized carbons (Fsp3) is 0.500. The van der Waals surface area contributed by atoms with Gasteiger partial charge in [0.2, 0.25) is 0 Å². The molecule has 0 amide bonds. The van der Waals surface area contributed by atoms with Gasteiger partial charge < -0.3 is 24.6 Å². The van der Waals surface area contributed by atoms with Gasteiger partial charge in [0, 0.05) is 11.0 Å². The third kappa shape index (κ3) is 425. The molecular weight excluding hydrogens is 195 g/mol. The summed E-state index contributed by atoms with van der Waals surface area (Å²) < 4.78 is 24.1. The normalized spacial score (nSPS) is 6.50. The first-order chi connectivity index (χ1) is 3.15. The molecule has 3 nitrogen and oxygen atoms in total. The molecule has 0 unspecified atom stereocenters. The Balaban J connectivity index is -0.0000000575. The predicted molar refractivity (Wildman–Crippen MR) is 27.2 cm³/mol. The van der Waals surface area contributed by atoms with E-state index in [1.54, 1.807) is 6.92 Å². The van der Waals surface area contributed by atoms with Crippen LogP contribution in [0, 0.1) is 5.88 Å². The van der Waals surface area contributed by atoms with Gasteiger partial charge >= 0.3 is 17.1 Å². The van der Waals surface area contributed by atoms with Crippen LogP contribution in [0.4, 0.5) is 0 Å². The van der Waals surface area contributed by atoms with Gasteiger partial charge in [0.1, 0.15) is 0 Å². The van der Waals surface area contributed by atoms with E-state index in [9.17, 15) is 0 Å². The van der Waals surface area contributed by atoms with E-state index in [1.807, 2.05) is 0 Å². The average molecular weight is 200 g/mol. The van der Waals surface area contributed by atoms with Crippen LogP contribution in [-0.4, -0.2) is 4.55 Å². The van der Waals surface area contributed by atoms with Gasteiger partial charge in [-0.1, -0.05) is 0 Å². The van der Waals surface area contributed by atoms with Gasteiger partial charge in [-0.15, -0.1) is 0 Å². The molecule has 0 aliphatic rings. The Bertz CT molecular complexity index is 75.4. The zero-order valence-electron chi connectivity index (χ0n) is 3.98. The molecule has 0 aromatic carbocycles. The van der Waals surface area contributed by atoms with E-state index in [0.717, 1.165) is 0 Å². The van der Waals surface area contributed by atoms with Crippen molar-refractivity contribution in [3.05, 3.63) is 5.88 Å². The van der Waals surface area contributed by atoms with Crippen LogP contribution in [-0.2, 0) is 36.5 Å². The Kier molecular flexibility index (Phi) is 31.1. The van der Waals surface area contributed by atoms with Gasteiger partial charge in [-0.25, -0.2) is 5.88 Å². The fourth-order valence-electron chi connectivity index (χ4n) is 0. The number of hydrogen-bond acceptors (Lipinski definition) is 3. The van der Waals surface area contributed by atoms with Crippen LogP contribution in [0.15, 0.2) is 0 Å². The van der Waals surface area contributed by atoms with Gasteiger partial charge in [-0.3, -0.25) is 0 Å². The molecule has 0 aromatic heterocycles. The van der Waals surface area contributed by atoms with Crippen LogP contribution in [0.1, 0.15) is 6.92 Å². The van der Waals surface area contributed by atoms with Crippen molar-refractivity contribution in [3.63, 3.8) is 0 Å². The van der Waals surface area contributed by atoms with Crippen molar-refractivity contribution in [1.29, 1.82) is 0 Å². The van der Waals surface area contributed by atoms with Gasteiger partial charge in [-0.2, -0.15) is 6.92 Å². The van der Waals surface area contributed by atoms with E-state index in [0.29, 0.717) is 0 Å². The number of halogens is 1. The summed E-state index contributed by atoms with van der Waals surface area (Å²) in [6, 6.07) is 0. The Morgan fingerprint density at radius 1 is 1.62 bits per heavy atom. The van der Waals surface area contributed by atoms with E-state index in [4.69, 9.17) is 24.6 Å². The Morgan fingerprint density at radius 2 is 1.62 bits per heavy atom. The molecule has 0 radical (unpaired) electrons. The Hall–Kier alpha value is 0.719. The van der Waals surface area contributed by atoms with Crippen LogP contribution in [0.3, 0.4) is 0 Å². The molecule has 0 saturated heterocycles. The summed E-state index contributed by atoms with van der Waals surface area (Å²) >= 11 is 4.87. The van der Waals surface area contributed by atoms with Crippen molar-refractivity contribution in [2.75, 3.05) is 0 Å². The zero-order chi connectivity index (χ0) is 6.28. The van der Waals surface area contributed by atoms with E-state index in [-0.39, 0.29) is 17.1 Å². The molecule has 6 heteroatoms. The van der Waals surface area contributed by atoms with E-state index < -0.39 is 11.0 Å². The summed E-state index contributed by atoms with van der Waals surface area (Å²) in [7, 11) is -2.86. The largest absolute Gasteiger partial charge is 2.00 e. The molecule has 0 atom stereocenters. The summed E-state index contributed by atoms with van der Waals surface area (Å²) in [6.07, 6.45) is 0. The molecule has 0 aromatic rings. The van der Waals surface area contributed by atoms with E-state index in [2.05, 4.69) is 0 Å². The monoisotopic (exact) mass is 200 g/mol. The average Bonchev–Trinajstić information content (AvgIpc) is 1.33. The SMILES string of the molecule is C[CH-]Cl.O=[S-](=O)O.[Fe+2]. The molecule has 0 fully saturated rings. The minimum atomic E-state index is -2.86. The fourth-order valence-corrected chi connectivity index (χ4v) is 0. The third-order valence-corrected chi connectivity index (χ3v) is 0. The van der Waals surface area contributed by atoms with Gasteiger partial charge in [0.25, 0.3) is 0 Å². The van der Waals surface area contributed by atoms with Crippen LogP contribution < -0.4 is 0 Å². The van der Waals surface area contributed by atoms with E-state index >= 15 is 0 Å². The summed E-state index contributed by atoms with van der Waals surface area (Å²) in [5, 5.41) is 0. The van der Waals surface area contributed by atoms with Crippen LogP contribution in [0.25, 0.3) is 0 Å². The molecule has 0 saturated carbocycles. The molecular formula is C2H5ClFeO3S. The molecule has 0 bridgehead atoms. The van der Waals surface area contributed by atoms with Gasteiger partial charge in [0.05, 0.1) is 0 Å². The Morgan fingerprint density at radius 3 is 1.62 bits per heavy atom. The second-order valence-corrected chi connectivity index (χ2v) is 1.31. The second kappa shape index (κ2) is 15.6. The predicted octanol–water partition coefficient (Wildman–Crippen LogP) is 1.17. The van der Waals surface area contributed by atoms with Gasteiger partial charge in [-0.05, 0) is 0 Å². The molecule has 0 aliphatic heterocycles. The molecule has 0 spiro atoms.